The normalized spacial score (nSPS) is 12.0. The van der Waals surface area contributed by atoms with Crippen LogP contribution in [-0.4, -0.2) is 67.6 Å². The molecule has 2 aromatic carbocycles. The van der Waals surface area contributed by atoms with E-state index >= 15 is 0 Å². The van der Waals surface area contributed by atoms with Crippen LogP contribution in [0.2, 0.25) is 0 Å². The molecule has 0 saturated carbocycles. The smallest absolute Gasteiger partial charge is 0.248 e. The lowest BCUT2D eigenvalue weighted by molar-refractivity contribution is -0.129. The van der Waals surface area contributed by atoms with Crippen molar-refractivity contribution in [2.24, 2.45) is 10.7 Å². The van der Waals surface area contributed by atoms with E-state index in [1.165, 1.54) is 11.1 Å². The average molecular weight is 658 g/mol. The highest BCUT2D eigenvalue weighted by Crippen LogP contribution is 2.29. The van der Waals surface area contributed by atoms with Crippen molar-refractivity contribution in [1.29, 1.82) is 5.26 Å². The van der Waals surface area contributed by atoms with Gasteiger partial charge in [-0.15, -0.1) is 0 Å². The summed E-state index contributed by atoms with van der Waals surface area (Å²) in [5.41, 5.74) is 15.8. The van der Waals surface area contributed by atoms with Crippen molar-refractivity contribution in [2.45, 2.75) is 79.1 Å². The second-order valence-electron chi connectivity index (χ2n) is 12.1. The van der Waals surface area contributed by atoms with Gasteiger partial charge >= 0.3 is 0 Å². The fraction of sp³-hybridized carbons (Fsp3) is 0.474. The second-order valence-corrected chi connectivity index (χ2v) is 12.1. The van der Waals surface area contributed by atoms with Gasteiger partial charge < -0.3 is 21.1 Å². The van der Waals surface area contributed by atoms with Gasteiger partial charge in [-0.3, -0.25) is 25.0 Å². The monoisotopic (exact) mass is 657 g/mol. The third-order valence-electron chi connectivity index (χ3n) is 8.32. The number of allylic oxidation sites excluding steroid dienone is 4. The molecule has 0 aliphatic carbocycles. The van der Waals surface area contributed by atoms with E-state index < -0.39 is 5.91 Å². The molecule has 10 heteroatoms. The molecule has 0 aliphatic rings. The lowest BCUT2D eigenvalue weighted by atomic mass is 9.86. The van der Waals surface area contributed by atoms with Gasteiger partial charge in [-0.2, -0.15) is 5.26 Å². The van der Waals surface area contributed by atoms with Crippen LogP contribution in [0.4, 0.5) is 5.69 Å². The van der Waals surface area contributed by atoms with Crippen LogP contribution in [0.3, 0.4) is 0 Å². The van der Waals surface area contributed by atoms with Gasteiger partial charge in [-0.1, -0.05) is 61.3 Å². The second kappa shape index (κ2) is 21.4. The van der Waals surface area contributed by atoms with Gasteiger partial charge in [0.25, 0.3) is 0 Å². The van der Waals surface area contributed by atoms with Crippen LogP contribution in [-0.2, 0) is 11.2 Å². The number of aryl methyl sites for hydroxylation is 2. The van der Waals surface area contributed by atoms with Crippen molar-refractivity contribution in [3.8, 4) is 6.07 Å². The lowest BCUT2D eigenvalue weighted by Gasteiger charge is -2.30. The summed E-state index contributed by atoms with van der Waals surface area (Å²) in [6, 6.07) is 15.5. The zero-order chi connectivity index (χ0) is 35.5. The van der Waals surface area contributed by atoms with E-state index in [0.717, 1.165) is 48.1 Å². The summed E-state index contributed by atoms with van der Waals surface area (Å²) in [4.78, 5) is 31.5. The highest BCUT2D eigenvalue weighted by atomic mass is 16.3. The van der Waals surface area contributed by atoms with Gasteiger partial charge in [0, 0.05) is 25.1 Å². The molecule has 0 bridgehead atoms. The number of aliphatic hydroxyl groups is 1. The molecule has 260 valence electrons. The van der Waals surface area contributed by atoms with E-state index in [4.69, 9.17) is 5.73 Å². The first-order chi connectivity index (χ1) is 23.1. The van der Waals surface area contributed by atoms with Crippen molar-refractivity contribution >= 4 is 23.3 Å². The van der Waals surface area contributed by atoms with Crippen molar-refractivity contribution in [1.82, 2.24) is 15.6 Å². The largest absolute Gasteiger partial charge is 0.375 e. The Balaban J connectivity index is 2.46. The highest BCUT2D eigenvalue weighted by Gasteiger charge is 2.24. The fourth-order valence-corrected chi connectivity index (χ4v) is 5.54. The van der Waals surface area contributed by atoms with E-state index in [1.807, 2.05) is 56.3 Å². The molecule has 2 amide bonds. The first-order valence-electron chi connectivity index (χ1n) is 16.8. The van der Waals surface area contributed by atoms with E-state index in [1.54, 1.807) is 23.0 Å². The molecule has 10 nitrogen and oxygen atoms in total. The van der Waals surface area contributed by atoms with Crippen molar-refractivity contribution < 1.29 is 14.7 Å². The Kier molecular flexibility index (Phi) is 17.7. The molecule has 5 N–H and O–H groups in total. The Labute approximate surface area is 287 Å². The Morgan fingerprint density at radius 3 is 2.46 bits per heavy atom. The number of aliphatic hydroxyl groups excluding tert-OH is 1. The Hall–Kier alpha value is -4.46. The Bertz CT molecular complexity index is 1450. The maximum absolute atomic E-state index is 13.0. The summed E-state index contributed by atoms with van der Waals surface area (Å²) in [6.07, 6.45) is 9.05. The lowest BCUT2D eigenvalue weighted by Crippen LogP contribution is -2.46. The van der Waals surface area contributed by atoms with Gasteiger partial charge in [0.2, 0.25) is 11.8 Å². The number of aliphatic imine (C=N–C) groups is 1. The first-order valence-corrected chi connectivity index (χ1v) is 16.8. The number of amidine groups is 1. The van der Waals surface area contributed by atoms with Crippen LogP contribution in [0.25, 0.3) is 0 Å². The maximum atomic E-state index is 13.0. The van der Waals surface area contributed by atoms with Gasteiger partial charge in [-0.25, -0.2) is 0 Å². The predicted octanol–water partition coefficient (Wildman–Crippen LogP) is 5.53. The van der Waals surface area contributed by atoms with Crippen LogP contribution >= 0.6 is 0 Å². The number of unbranched alkanes of at least 4 members (excludes halogenated alkanes) is 2. The molecule has 2 aromatic rings. The molecule has 0 heterocycles. The zero-order valence-corrected chi connectivity index (χ0v) is 29.7. The molecule has 0 fully saturated rings. The number of benzene rings is 2. The highest BCUT2D eigenvalue weighted by molar-refractivity contribution is 5.94. The van der Waals surface area contributed by atoms with Crippen LogP contribution in [0.5, 0.6) is 0 Å². The van der Waals surface area contributed by atoms with Crippen molar-refractivity contribution in [3.05, 3.63) is 88.0 Å². The third-order valence-corrected chi connectivity index (χ3v) is 8.32. The van der Waals surface area contributed by atoms with E-state index in [-0.39, 0.29) is 31.6 Å². The van der Waals surface area contributed by atoms with Crippen LogP contribution in [0.1, 0.15) is 92.8 Å². The summed E-state index contributed by atoms with van der Waals surface area (Å²) < 4.78 is 0. The number of hydrazine groups is 1. The summed E-state index contributed by atoms with van der Waals surface area (Å²) in [6.45, 7) is 11.2. The summed E-state index contributed by atoms with van der Waals surface area (Å²) >= 11 is 0. The molecule has 1 unspecified atom stereocenters. The number of nitrogens with one attached hydrogen (secondary N) is 2. The first kappa shape index (κ1) is 39.7. The predicted molar refractivity (Wildman–Crippen MR) is 196 cm³/mol. The number of hydrogen-bond donors (Lipinski definition) is 4. The van der Waals surface area contributed by atoms with E-state index in [0.29, 0.717) is 37.3 Å². The number of hydrogen-bond acceptors (Lipinski definition) is 7. The summed E-state index contributed by atoms with van der Waals surface area (Å²) in [5.74, 6) is -0.273. The van der Waals surface area contributed by atoms with E-state index in [9.17, 15) is 20.0 Å². The number of nitriles is 1. The maximum Gasteiger partial charge on any atom is 0.248 e. The molecule has 48 heavy (non-hydrogen) atoms. The number of rotatable bonds is 20. The minimum absolute atomic E-state index is 0.0654. The van der Waals surface area contributed by atoms with Crippen molar-refractivity contribution in [3.63, 3.8) is 0 Å². The number of nitrogens with two attached hydrogens (primary N) is 1. The molecule has 0 radical (unpaired) electrons. The Morgan fingerprint density at radius 1 is 1.15 bits per heavy atom. The summed E-state index contributed by atoms with van der Waals surface area (Å²) in [5, 5.41) is 24.6. The van der Waals surface area contributed by atoms with Crippen molar-refractivity contribution in [2.75, 3.05) is 45.0 Å². The van der Waals surface area contributed by atoms with Crippen LogP contribution in [0.15, 0.2) is 70.8 Å². The Morgan fingerprint density at radius 2 is 1.88 bits per heavy atom. The van der Waals surface area contributed by atoms with Gasteiger partial charge in [0.15, 0.2) is 0 Å². The number of carbonyl (C=O) groups is 2. The topological polar surface area (TPSA) is 147 Å². The quantitative estimate of drug-likeness (QED) is 0.0278. The van der Waals surface area contributed by atoms with Gasteiger partial charge in [0.1, 0.15) is 19.1 Å². The molecule has 2 rings (SSSR count). The zero-order valence-electron chi connectivity index (χ0n) is 29.7. The number of primary amides is 1. The SMILES string of the molecule is C/C=C\C(CCc1cc(C(N)=O)ccc1C(CCNCC(=O)N(CC#N)CCCCC)C(=NC)NN(CO)c1ccc(C)cc1)=C(C)C. The number of carbonyl (C=O) groups excluding carboxylic acids is 2. The number of amides is 2. The number of nitrogens with zero attached hydrogens (tertiary/aromatic N) is 4. The minimum atomic E-state index is -0.496. The van der Waals surface area contributed by atoms with Crippen LogP contribution < -0.4 is 21.5 Å². The average Bonchev–Trinajstić information content (AvgIpc) is 3.07. The molecular formula is C38H55N7O3. The van der Waals surface area contributed by atoms with Gasteiger partial charge in [-0.05, 0) is 101 Å². The fourth-order valence-electron chi connectivity index (χ4n) is 5.54. The molecule has 0 spiro atoms. The number of anilines is 1. The molecular weight excluding hydrogens is 602 g/mol. The summed E-state index contributed by atoms with van der Waals surface area (Å²) in [7, 11) is 1.71. The third kappa shape index (κ3) is 12.6. The molecule has 0 saturated heterocycles. The van der Waals surface area contributed by atoms with Gasteiger partial charge in [0.05, 0.1) is 18.3 Å². The van der Waals surface area contributed by atoms with Crippen LogP contribution in [0, 0.1) is 18.3 Å². The molecule has 0 aliphatic heterocycles. The van der Waals surface area contributed by atoms with E-state index in [2.05, 4.69) is 48.7 Å². The molecule has 0 aromatic heterocycles. The molecule has 1 atom stereocenters. The standard InChI is InChI=1S/C38H55N7O3/c1-7-9-10-23-44(24-21-39)36(47)26-42-22-20-35(38(41-6)43-45(27-46)33-17-12-29(5)13-18-33)34-19-16-32(37(40)48)25-31(34)15-14-30(11-8-2)28(3)4/h8,11-13,16-19,25,35,42,46H,7,9-10,14-15,20,22-24,26-27H2,1-6H3,(H2,40,48)(H,41,43)/b11-8-. The minimum Gasteiger partial charge on any atom is -0.375 e.